The molecule has 0 amide bonds. The molecule has 1 atom stereocenters. The lowest BCUT2D eigenvalue weighted by molar-refractivity contribution is -0.144. The van der Waals surface area contributed by atoms with Gasteiger partial charge in [-0.15, -0.1) is 0 Å². The third-order valence-electron chi connectivity index (χ3n) is 3.60. The largest absolute Gasteiger partial charge is 0.464 e. The van der Waals surface area contributed by atoms with Gasteiger partial charge in [-0.25, -0.2) is 13.2 Å². The second-order valence-corrected chi connectivity index (χ2v) is 6.64. The summed E-state index contributed by atoms with van der Waals surface area (Å²) in [6.07, 6.45) is 0. The Labute approximate surface area is 123 Å². The molecule has 1 heterocycles. The lowest BCUT2D eigenvalue weighted by Gasteiger charge is -2.24. The molecule has 2 aromatic carbocycles. The van der Waals surface area contributed by atoms with Crippen molar-refractivity contribution in [2.45, 2.75) is 24.8 Å². The molecule has 0 spiro atoms. The average Bonchev–Trinajstić information content (AvgIpc) is 2.69. The lowest BCUT2D eigenvalue weighted by Crippen LogP contribution is -2.42. The molecular formula is C15H15NO4S. The van der Waals surface area contributed by atoms with E-state index >= 15 is 0 Å². The van der Waals surface area contributed by atoms with E-state index in [2.05, 4.69) is 0 Å². The number of benzene rings is 2. The monoisotopic (exact) mass is 305 g/mol. The van der Waals surface area contributed by atoms with E-state index in [0.717, 1.165) is 9.69 Å². The van der Waals surface area contributed by atoms with Crippen LogP contribution in [-0.4, -0.2) is 27.0 Å². The molecule has 5 nitrogen and oxygen atoms in total. The molecule has 1 aliphatic rings. The number of carbonyl (C=O) groups excluding carboxylic acids is 1. The summed E-state index contributed by atoms with van der Waals surface area (Å²) in [7, 11) is -3.73. The second-order valence-electron chi connectivity index (χ2n) is 4.86. The molecule has 3 rings (SSSR count). The smallest absolute Gasteiger partial charge is 0.329 e. The molecule has 0 aromatic heterocycles. The van der Waals surface area contributed by atoms with Gasteiger partial charge in [-0.05, 0) is 31.4 Å². The molecule has 21 heavy (non-hydrogen) atoms. The van der Waals surface area contributed by atoms with Crippen LogP contribution < -0.4 is 4.31 Å². The first-order valence-electron chi connectivity index (χ1n) is 6.71. The van der Waals surface area contributed by atoms with Gasteiger partial charge in [-0.1, -0.05) is 24.3 Å². The Morgan fingerprint density at radius 2 is 1.90 bits per heavy atom. The van der Waals surface area contributed by atoms with E-state index in [4.69, 9.17) is 4.74 Å². The zero-order chi connectivity index (χ0) is 15.2. The van der Waals surface area contributed by atoms with E-state index in [1.807, 2.05) is 12.1 Å². The fourth-order valence-electron chi connectivity index (χ4n) is 2.70. The number of rotatable bonds is 3. The highest BCUT2D eigenvalue weighted by atomic mass is 32.2. The predicted octanol–water partition coefficient (Wildman–Crippen LogP) is 2.30. The van der Waals surface area contributed by atoms with Gasteiger partial charge in [-0.2, -0.15) is 0 Å². The molecule has 0 aliphatic carbocycles. The molecule has 0 saturated carbocycles. The molecule has 0 bridgehead atoms. The van der Waals surface area contributed by atoms with Crippen LogP contribution in [0, 0.1) is 0 Å². The second kappa shape index (κ2) is 4.73. The van der Waals surface area contributed by atoms with E-state index in [0.29, 0.717) is 11.1 Å². The number of carbonyl (C=O) groups is 1. The molecule has 0 N–H and O–H groups in total. The van der Waals surface area contributed by atoms with Crippen molar-refractivity contribution in [2.75, 3.05) is 10.9 Å². The van der Waals surface area contributed by atoms with E-state index in [9.17, 15) is 13.2 Å². The van der Waals surface area contributed by atoms with Crippen LogP contribution in [0.5, 0.6) is 0 Å². The SMILES string of the molecule is CCOC(=O)[C@H](C)N1c2cccc3cccc(c23)S1(=O)=O. The van der Waals surface area contributed by atoms with Gasteiger partial charge in [0.1, 0.15) is 6.04 Å². The fourth-order valence-corrected chi connectivity index (χ4v) is 4.55. The van der Waals surface area contributed by atoms with Crippen molar-refractivity contribution in [2.24, 2.45) is 0 Å². The third kappa shape index (κ3) is 1.90. The number of hydrogen-bond donors (Lipinski definition) is 0. The quantitative estimate of drug-likeness (QED) is 0.816. The first-order valence-corrected chi connectivity index (χ1v) is 8.15. The Balaban J connectivity index is 2.22. The molecule has 1 aliphatic heterocycles. The van der Waals surface area contributed by atoms with Gasteiger partial charge in [0.25, 0.3) is 10.0 Å². The van der Waals surface area contributed by atoms with Crippen molar-refractivity contribution < 1.29 is 17.9 Å². The van der Waals surface area contributed by atoms with Gasteiger partial charge in [0.05, 0.1) is 17.2 Å². The van der Waals surface area contributed by atoms with Crippen molar-refractivity contribution in [3.05, 3.63) is 36.4 Å². The Morgan fingerprint density at radius 3 is 2.57 bits per heavy atom. The van der Waals surface area contributed by atoms with Crippen LogP contribution in [0.2, 0.25) is 0 Å². The van der Waals surface area contributed by atoms with E-state index in [1.54, 1.807) is 38.1 Å². The van der Waals surface area contributed by atoms with Gasteiger partial charge in [0.2, 0.25) is 0 Å². The van der Waals surface area contributed by atoms with Crippen LogP contribution >= 0.6 is 0 Å². The molecule has 0 unspecified atom stereocenters. The van der Waals surface area contributed by atoms with Crippen LogP contribution in [-0.2, 0) is 19.6 Å². The average molecular weight is 305 g/mol. The summed E-state index contributed by atoms with van der Waals surface area (Å²) in [5, 5.41) is 1.50. The van der Waals surface area contributed by atoms with Gasteiger partial charge in [-0.3, -0.25) is 4.31 Å². The summed E-state index contributed by atoms with van der Waals surface area (Å²) in [5.74, 6) is -0.550. The molecule has 0 radical (unpaired) electrons. The topological polar surface area (TPSA) is 63.7 Å². The first-order chi connectivity index (χ1) is 9.98. The number of esters is 1. The summed E-state index contributed by atoms with van der Waals surface area (Å²) in [4.78, 5) is 12.2. The first kappa shape index (κ1) is 13.9. The van der Waals surface area contributed by atoms with Crippen LogP contribution in [0.3, 0.4) is 0 Å². The van der Waals surface area contributed by atoms with Crippen molar-refractivity contribution in [3.8, 4) is 0 Å². The maximum Gasteiger partial charge on any atom is 0.329 e. The van der Waals surface area contributed by atoms with Gasteiger partial charge < -0.3 is 4.74 Å². The minimum Gasteiger partial charge on any atom is -0.464 e. The number of ether oxygens (including phenoxy) is 1. The van der Waals surface area contributed by atoms with Crippen molar-refractivity contribution in [1.29, 1.82) is 0 Å². The highest BCUT2D eigenvalue weighted by molar-refractivity contribution is 7.93. The molecule has 6 heteroatoms. The Hall–Kier alpha value is -2.08. The molecule has 2 aromatic rings. The van der Waals surface area contributed by atoms with E-state index in [-0.39, 0.29) is 11.5 Å². The van der Waals surface area contributed by atoms with Crippen molar-refractivity contribution in [3.63, 3.8) is 0 Å². The maximum atomic E-state index is 12.7. The highest BCUT2D eigenvalue weighted by Gasteiger charge is 2.41. The summed E-state index contributed by atoms with van der Waals surface area (Å²) in [5.41, 5.74) is 0.531. The molecule has 0 fully saturated rings. The zero-order valence-electron chi connectivity index (χ0n) is 11.7. The van der Waals surface area contributed by atoms with Crippen LogP contribution in [0.4, 0.5) is 5.69 Å². The third-order valence-corrected chi connectivity index (χ3v) is 5.53. The molecule has 0 saturated heterocycles. The minimum absolute atomic E-state index is 0.216. The summed E-state index contributed by atoms with van der Waals surface area (Å²) >= 11 is 0. The van der Waals surface area contributed by atoms with Gasteiger partial charge in [0.15, 0.2) is 0 Å². The van der Waals surface area contributed by atoms with E-state index in [1.165, 1.54) is 0 Å². The lowest BCUT2D eigenvalue weighted by atomic mass is 10.1. The minimum atomic E-state index is -3.73. The van der Waals surface area contributed by atoms with Crippen LogP contribution in [0.1, 0.15) is 13.8 Å². The fraction of sp³-hybridized carbons (Fsp3) is 0.267. The van der Waals surface area contributed by atoms with Crippen LogP contribution in [0.15, 0.2) is 41.3 Å². The zero-order valence-corrected chi connectivity index (χ0v) is 12.6. The number of anilines is 1. The van der Waals surface area contributed by atoms with E-state index < -0.39 is 22.0 Å². The van der Waals surface area contributed by atoms with Crippen molar-refractivity contribution in [1.82, 2.24) is 0 Å². The molecular weight excluding hydrogens is 290 g/mol. The van der Waals surface area contributed by atoms with Crippen molar-refractivity contribution >= 4 is 32.5 Å². The Kier molecular flexibility index (Phi) is 3.13. The predicted molar refractivity (Wildman–Crippen MR) is 79.7 cm³/mol. The Bertz CT molecular complexity index is 823. The summed E-state index contributed by atoms with van der Waals surface area (Å²) in [6, 6.07) is 9.59. The van der Waals surface area contributed by atoms with Gasteiger partial charge in [0, 0.05) is 5.39 Å². The van der Waals surface area contributed by atoms with Crippen LogP contribution in [0.25, 0.3) is 10.8 Å². The normalized spacial score (nSPS) is 17.0. The number of sulfonamides is 1. The standard InChI is InChI=1S/C15H15NO4S/c1-3-20-15(17)10(2)16-12-8-4-6-11-7-5-9-13(14(11)12)21(16,18)19/h4-10H,3H2,1-2H3/t10-/m0/s1. The maximum absolute atomic E-state index is 12.7. The summed E-state index contributed by atoms with van der Waals surface area (Å²) in [6.45, 7) is 3.45. The Morgan fingerprint density at radius 1 is 1.24 bits per heavy atom. The summed E-state index contributed by atoms with van der Waals surface area (Å²) < 4.78 is 31.6. The molecule has 110 valence electrons. The number of hydrogen-bond acceptors (Lipinski definition) is 4. The van der Waals surface area contributed by atoms with Gasteiger partial charge >= 0.3 is 5.97 Å². The number of nitrogens with zero attached hydrogens (tertiary/aromatic N) is 1. The highest BCUT2D eigenvalue weighted by Crippen LogP contribution is 2.43.